The van der Waals surface area contributed by atoms with Crippen molar-refractivity contribution in [2.45, 2.75) is 57.7 Å². The molecule has 4 heterocycles. The maximum absolute atomic E-state index is 14.5. The molecule has 3 aromatic rings. The average molecular weight is 447 g/mol. The number of nitrogens with zero attached hydrogens (tertiary/aromatic N) is 6. The van der Waals surface area contributed by atoms with E-state index < -0.39 is 0 Å². The van der Waals surface area contributed by atoms with Crippen molar-refractivity contribution in [3.63, 3.8) is 0 Å². The molecule has 1 amide bonds. The minimum absolute atomic E-state index is 0.0401. The molecule has 3 aliphatic rings. The third-order valence-corrected chi connectivity index (χ3v) is 7.12. The highest BCUT2D eigenvalue weighted by Gasteiger charge is 2.37. The Labute approximate surface area is 192 Å². The molecule has 2 bridgehead atoms. The summed E-state index contributed by atoms with van der Waals surface area (Å²) < 4.78 is 16.3. The second kappa shape index (κ2) is 7.64. The third kappa shape index (κ3) is 3.48. The number of anilines is 1. The predicted octanol–water partition coefficient (Wildman–Crippen LogP) is 4.17. The van der Waals surface area contributed by atoms with Crippen molar-refractivity contribution in [3.05, 3.63) is 58.8 Å². The summed E-state index contributed by atoms with van der Waals surface area (Å²) in [5.74, 6) is -0.351. The van der Waals surface area contributed by atoms with Crippen molar-refractivity contribution in [1.29, 1.82) is 0 Å². The van der Waals surface area contributed by atoms with Crippen LogP contribution in [0, 0.1) is 12.7 Å². The molecule has 0 radical (unpaired) electrons. The lowest BCUT2D eigenvalue weighted by molar-refractivity contribution is 0.0725. The number of hydrogen-bond acceptors (Lipinski definition) is 5. The van der Waals surface area contributed by atoms with Gasteiger partial charge in [-0.1, -0.05) is 0 Å². The van der Waals surface area contributed by atoms with Crippen LogP contribution in [0.2, 0.25) is 0 Å². The number of rotatable bonds is 1. The van der Waals surface area contributed by atoms with Gasteiger partial charge in [0.05, 0.1) is 35.4 Å². The van der Waals surface area contributed by atoms with Crippen LogP contribution in [-0.4, -0.2) is 43.4 Å². The highest BCUT2D eigenvalue weighted by Crippen LogP contribution is 2.41. The van der Waals surface area contributed by atoms with E-state index in [0.717, 1.165) is 72.5 Å². The number of carbonyl (C=O) groups is 1. The SMILES string of the molecule is Cc1nnc2cc1N1CCCC[C@@H]1c1cc(F)ccc1C(=O)N(C1CC1)Cc1nn(C)cc1-2. The molecular weight excluding hydrogens is 419 g/mol. The van der Waals surface area contributed by atoms with Crippen LogP contribution in [0.3, 0.4) is 0 Å². The van der Waals surface area contributed by atoms with Crippen LogP contribution in [0.15, 0.2) is 30.5 Å². The number of carbonyl (C=O) groups excluding carboxylic acids is 1. The number of piperidine rings is 1. The quantitative estimate of drug-likeness (QED) is 0.561. The number of hydrogen-bond donors (Lipinski definition) is 0. The molecule has 0 unspecified atom stereocenters. The number of halogens is 1. The van der Waals surface area contributed by atoms with Gasteiger partial charge < -0.3 is 9.80 Å². The standard InChI is InChI=1S/C25H27FN6O/c1-15-24-12-21(28-27-15)20-13-30(2)29-22(20)14-32(17-7-8-17)25(33)18-9-6-16(26)11-19(18)23-5-3-4-10-31(23)24/h6,9,11-13,17,23H,3-5,7-8,10,14H2,1-2H3/t23-/m1/s1. The molecule has 1 saturated carbocycles. The Bertz CT molecular complexity index is 1250. The molecule has 33 heavy (non-hydrogen) atoms. The zero-order chi connectivity index (χ0) is 22.7. The third-order valence-electron chi connectivity index (χ3n) is 7.12. The normalized spacial score (nSPS) is 20.5. The Morgan fingerprint density at radius 1 is 1.03 bits per heavy atom. The molecule has 7 nitrogen and oxygen atoms in total. The van der Waals surface area contributed by atoms with Crippen molar-refractivity contribution in [1.82, 2.24) is 24.9 Å². The van der Waals surface area contributed by atoms with E-state index in [2.05, 4.69) is 26.3 Å². The molecule has 6 rings (SSSR count). The van der Waals surface area contributed by atoms with Gasteiger partial charge in [-0.05, 0) is 68.9 Å². The number of aryl methyl sites for hydroxylation is 2. The van der Waals surface area contributed by atoms with Crippen molar-refractivity contribution in [2.75, 3.05) is 11.4 Å². The Hall–Kier alpha value is -3.29. The smallest absolute Gasteiger partial charge is 0.254 e. The first-order valence-electron chi connectivity index (χ1n) is 11.7. The van der Waals surface area contributed by atoms with Crippen molar-refractivity contribution >= 4 is 11.6 Å². The topological polar surface area (TPSA) is 67.2 Å². The molecule has 170 valence electrons. The van der Waals surface area contributed by atoms with Crippen LogP contribution in [-0.2, 0) is 13.6 Å². The molecule has 2 aromatic heterocycles. The molecule has 1 atom stereocenters. The molecule has 1 aliphatic carbocycles. The molecule has 2 aliphatic heterocycles. The first kappa shape index (κ1) is 20.3. The lowest BCUT2D eigenvalue weighted by Gasteiger charge is -2.39. The maximum Gasteiger partial charge on any atom is 0.254 e. The van der Waals surface area contributed by atoms with E-state index in [9.17, 15) is 9.18 Å². The van der Waals surface area contributed by atoms with Gasteiger partial charge in [0, 0.05) is 37.0 Å². The van der Waals surface area contributed by atoms with E-state index in [4.69, 9.17) is 0 Å². The van der Waals surface area contributed by atoms with Gasteiger partial charge in [-0.25, -0.2) is 4.39 Å². The Kier molecular flexibility index (Phi) is 4.71. The van der Waals surface area contributed by atoms with E-state index in [0.29, 0.717) is 12.1 Å². The molecule has 1 saturated heterocycles. The summed E-state index contributed by atoms with van der Waals surface area (Å²) in [6.07, 6.45) is 6.86. The first-order chi connectivity index (χ1) is 16.0. The molecule has 0 N–H and O–H groups in total. The Morgan fingerprint density at radius 2 is 1.88 bits per heavy atom. The monoisotopic (exact) mass is 446 g/mol. The molecule has 8 heteroatoms. The highest BCUT2D eigenvalue weighted by atomic mass is 19.1. The van der Waals surface area contributed by atoms with Crippen LogP contribution in [0.1, 0.15) is 65.5 Å². The number of amides is 1. The van der Waals surface area contributed by atoms with E-state index in [1.807, 2.05) is 25.1 Å². The minimum Gasteiger partial charge on any atom is -0.363 e. The van der Waals surface area contributed by atoms with Crippen LogP contribution in [0.25, 0.3) is 11.3 Å². The lowest BCUT2D eigenvalue weighted by Crippen LogP contribution is -2.38. The number of benzene rings is 1. The summed E-state index contributed by atoms with van der Waals surface area (Å²) in [7, 11) is 1.88. The van der Waals surface area contributed by atoms with Gasteiger partial charge in [0.2, 0.25) is 0 Å². The highest BCUT2D eigenvalue weighted by molar-refractivity contribution is 5.96. The minimum atomic E-state index is -0.311. The van der Waals surface area contributed by atoms with Gasteiger partial charge in [0.1, 0.15) is 5.82 Å². The summed E-state index contributed by atoms with van der Waals surface area (Å²) in [6.45, 7) is 3.18. The first-order valence-corrected chi connectivity index (χ1v) is 11.7. The summed E-state index contributed by atoms with van der Waals surface area (Å²) in [5.41, 5.74) is 5.65. The van der Waals surface area contributed by atoms with E-state index in [1.54, 1.807) is 16.8 Å². The van der Waals surface area contributed by atoms with Gasteiger partial charge in [0.25, 0.3) is 5.91 Å². The zero-order valence-electron chi connectivity index (χ0n) is 19.0. The van der Waals surface area contributed by atoms with Gasteiger partial charge >= 0.3 is 0 Å². The van der Waals surface area contributed by atoms with Crippen LogP contribution in [0.4, 0.5) is 10.1 Å². The summed E-state index contributed by atoms with van der Waals surface area (Å²) >= 11 is 0. The molecule has 1 aromatic carbocycles. The fourth-order valence-corrected chi connectivity index (χ4v) is 5.35. The summed E-state index contributed by atoms with van der Waals surface area (Å²) in [6, 6.07) is 6.83. The Balaban J connectivity index is 1.61. The molecule has 2 fully saturated rings. The average Bonchev–Trinajstić information content (AvgIpc) is 3.59. The largest absolute Gasteiger partial charge is 0.363 e. The fourth-order valence-electron chi connectivity index (χ4n) is 5.35. The second-order valence-corrected chi connectivity index (χ2v) is 9.46. The van der Waals surface area contributed by atoms with Gasteiger partial charge in [-0.3, -0.25) is 9.48 Å². The molecule has 0 spiro atoms. The van der Waals surface area contributed by atoms with Crippen LogP contribution >= 0.6 is 0 Å². The zero-order valence-corrected chi connectivity index (χ0v) is 19.0. The number of aromatic nitrogens is 4. The van der Waals surface area contributed by atoms with E-state index in [-0.39, 0.29) is 23.8 Å². The summed E-state index contributed by atoms with van der Waals surface area (Å²) in [5, 5.41) is 13.7. The molecular formula is C25H27FN6O. The van der Waals surface area contributed by atoms with Gasteiger partial charge in [-0.15, -0.1) is 5.10 Å². The van der Waals surface area contributed by atoms with Crippen molar-refractivity contribution < 1.29 is 9.18 Å². The number of fused-ring (bicyclic) bond motifs is 8. The second-order valence-electron chi connectivity index (χ2n) is 9.46. The van der Waals surface area contributed by atoms with Crippen molar-refractivity contribution in [3.8, 4) is 11.3 Å². The van der Waals surface area contributed by atoms with Crippen LogP contribution in [0.5, 0.6) is 0 Å². The summed E-state index contributed by atoms with van der Waals surface area (Å²) in [4.78, 5) is 18.1. The maximum atomic E-state index is 14.5. The van der Waals surface area contributed by atoms with Gasteiger partial charge in [0.15, 0.2) is 0 Å². The fraction of sp³-hybridized carbons (Fsp3) is 0.440. The van der Waals surface area contributed by atoms with E-state index >= 15 is 0 Å². The lowest BCUT2D eigenvalue weighted by atomic mass is 9.90. The van der Waals surface area contributed by atoms with Gasteiger partial charge in [-0.2, -0.15) is 10.2 Å². The predicted molar refractivity (Wildman–Crippen MR) is 122 cm³/mol. The van der Waals surface area contributed by atoms with Crippen LogP contribution < -0.4 is 4.90 Å². The van der Waals surface area contributed by atoms with E-state index in [1.165, 1.54) is 6.07 Å². The van der Waals surface area contributed by atoms with Crippen molar-refractivity contribution in [2.24, 2.45) is 7.05 Å². The Morgan fingerprint density at radius 3 is 2.70 bits per heavy atom.